The third-order valence-electron chi connectivity index (χ3n) is 2.09. The summed E-state index contributed by atoms with van der Waals surface area (Å²) in [4.78, 5) is 0. The van der Waals surface area contributed by atoms with Crippen molar-refractivity contribution < 1.29 is 4.39 Å². The number of halogens is 1. The Hall–Kier alpha value is -0.930. The second kappa shape index (κ2) is 4.35. The summed E-state index contributed by atoms with van der Waals surface area (Å²) in [5.74, 6) is -0.158. The number of aryl methyl sites for hydroxylation is 1. The van der Waals surface area contributed by atoms with Crippen molar-refractivity contribution in [2.24, 2.45) is 0 Å². The summed E-state index contributed by atoms with van der Waals surface area (Å²) in [5, 5.41) is 6.16. The van der Waals surface area contributed by atoms with Gasteiger partial charge in [0.15, 0.2) is 0 Å². The zero-order chi connectivity index (χ0) is 9.84. The van der Waals surface area contributed by atoms with Gasteiger partial charge >= 0.3 is 0 Å². The summed E-state index contributed by atoms with van der Waals surface area (Å²) >= 11 is 0. The fourth-order valence-electron chi connectivity index (χ4n) is 1.33. The van der Waals surface area contributed by atoms with Crippen molar-refractivity contribution in [3.63, 3.8) is 0 Å². The largest absolute Gasteiger partial charge is 0.301 e. The summed E-state index contributed by atoms with van der Waals surface area (Å²) in [6.07, 6.45) is 0.0827. The normalized spacial score (nSPS) is 10.8. The molecule has 0 spiro atoms. The molecule has 0 fully saturated rings. The summed E-state index contributed by atoms with van der Waals surface area (Å²) < 4.78 is 12.9. The lowest BCUT2D eigenvalue weighted by Crippen LogP contribution is -2.28. The van der Waals surface area contributed by atoms with Gasteiger partial charge in [-0.05, 0) is 38.2 Å². The van der Waals surface area contributed by atoms with Gasteiger partial charge in [-0.15, -0.1) is 0 Å². The van der Waals surface area contributed by atoms with Gasteiger partial charge in [0.2, 0.25) is 0 Å². The van der Waals surface area contributed by atoms with Gasteiger partial charge in [-0.2, -0.15) is 0 Å². The topological polar surface area (TPSA) is 24.1 Å². The second-order valence-electron chi connectivity index (χ2n) is 3.02. The van der Waals surface area contributed by atoms with Gasteiger partial charge in [0.05, 0.1) is 6.17 Å². The van der Waals surface area contributed by atoms with Crippen molar-refractivity contribution in [3.8, 4) is 0 Å². The van der Waals surface area contributed by atoms with E-state index in [1.807, 2.05) is 20.2 Å². The van der Waals surface area contributed by atoms with Crippen LogP contribution in [0.4, 0.5) is 4.39 Å². The molecule has 0 bridgehead atoms. The van der Waals surface area contributed by atoms with Crippen LogP contribution in [-0.4, -0.2) is 14.1 Å². The first-order chi connectivity index (χ1) is 6.19. The van der Waals surface area contributed by atoms with Crippen LogP contribution in [-0.2, 0) is 0 Å². The van der Waals surface area contributed by atoms with Gasteiger partial charge in [-0.1, -0.05) is 12.1 Å². The number of hydrogen-bond donors (Lipinski definition) is 2. The highest BCUT2D eigenvalue weighted by atomic mass is 19.1. The second-order valence-corrected chi connectivity index (χ2v) is 3.02. The Balaban J connectivity index is 2.95. The van der Waals surface area contributed by atoms with Crippen LogP contribution in [0.15, 0.2) is 18.2 Å². The maximum atomic E-state index is 12.9. The molecular weight excluding hydrogens is 167 g/mol. The molecule has 13 heavy (non-hydrogen) atoms. The molecule has 0 aliphatic rings. The lowest BCUT2D eigenvalue weighted by molar-refractivity contribution is 0.517. The van der Waals surface area contributed by atoms with Crippen LogP contribution in [0.25, 0.3) is 0 Å². The van der Waals surface area contributed by atoms with Gasteiger partial charge in [-0.25, -0.2) is 4.39 Å². The van der Waals surface area contributed by atoms with Crippen molar-refractivity contribution >= 4 is 0 Å². The van der Waals surface area contributed by atoms with Gasteiger partial charge in [0, 0.05) is 0 Å². The highest BCUT2D eigenvalue weighted by Crippen LogP contribution is 2.13. The summed E-state index contributed by atoms with van der Waals surface area (Å²) in [5.41, 5.74) is 1.72. The van der Waals surface area contributed by atoms with Crippen LogP contribution in [0.5, 0.6) is 0 Å². The first kappa shape index (κ1) is 10.2. The van der Waals surface area contributed by atoms with E-state index in [-0.39, 0.29) is 12.0 Å². The summed E-state index contributed by atoms with van der Waals surface area (Å²) in [7, 11) is 3.72. The van der Waals surface area contributed by atoms with Crippen LogP contribution in [0.1, 0.15) is 17.3 Å². The van der Waals surface area contributed by atoms with Crippen molar-refractivity contribution in [2.45, 2.75) is 13.1 Å². The van der Waals surface area contributed by atoms with Crippen LogP contribution in [0.3, 0.4) is 0 Å². The monoisotopic (exact) mass is 182 g/mol. The molecule has 1 rings (SSSR count). The Labute approximate surface area is 78.2 Å². The van der Waals surface area contributed by atoms with E-state index >= 15 is 0 Å². The fourth-order valence-corrected chi connectivity index (χ4v) is 1.33. The number of rotatable bonds is 3. The molecule has 0 unspecified atom stereocenters. The minimum Gasteiger partial charge on any atom is -0.301 e. The Bertz CT molecular complexity index is 282. The minimum absolute atomic E-state index is 0.0827. The SMILES string of the molecule is CNC(NC)c1ccc(F)c(C)c1. The van der Waals surface area contributed by atoms with Crippen LogP contribution in [0.2, 0.25) is 0 Å². The molecule has 1 aromatic rings. The lowest BCUT2D eigenvalue weighted by atomic mass is 10.1. The van der Waals surface area contributed by atoms with Gasteiger partial charge in [0.1, 0.15) is 5.82 Å². The van der Waals surface area contributed by atoms with E-state index in [2.05, 4.69) is 10.6 Å². The van der Waals surface area contributed by atoms with Gasteiger partial charge < -0.3 is 10.6 Å². The molecule has 0 aliphatic heterocycles. The molecule has 72 valence electrons. The van der Waals surface area contributed by atoms with Crippen molar-refractivity contribution in [3.05, 3.63) is 35.1 Å². The third-order valence-corrected chi connectivity index (χ3v) is 2.09. The van der Waals surface area contributed by atoms with E-state index in [4.69, 9.17) is 0 Å². The molecule has 1 aromatic carbocycles. The molecule has 0 saturated carbocycles. The van der Waals surface area contributed by atoms with Crippen LogP contribution in [0, 0.1) is 12.7 Å². The lowest BCUT2D eigenvalue weighted by Gasteiger charge is -2.15. The van der Waals surface area contributed by atoms with E-state index in [0.29, 0.717) is 5.56 Å². The highest BCUT2D eigenvalue weighted by Gasteiger charge is 2.06. The van der Waals surface area contributed by atoms with E-state index in [9.17, 15) is 4.39 Å². The Morgan fingerprint density at radius 2 is 1.85 bits per heavy atom. The standard InChI is InChI=1S/C10H15FN2/c1-7-6-8(4-5-9(7)11)10(12-2)13-3/h4-6,10,12-13H,1-3H3. The molecule has 0 amide bonds. The summed E-state index contributed by atoms with van der Waals surface area (Å²) in [6.45, 7) is 1.77. The Morgan fingerprint density at radius 1 is 1.23 bits per heavy atom. The molecule has 2 N–H and O–H groups in total. The predicted molar refractivity (Wildman–Crippen MR) is 52.0 cm³/mol. The summed E-state index contributed by atoms with van der Waals surface area (Å²) in [6, 6.07) is 5.11. The molecule has 0 saturated heterocycles. The van der Waals surface area contributed by atoms with E-state index < -0.39 is 0 Å². The zero-order valence-corrected chi connectivity index (χ0v) is 8.19. The molecule has 0 heterocycles. The Kier molecular flexibility index (Phi) is 3.39. The Morgan fingerprint density at radius 3 is 2.31 bits per heavy atom. The molecular formula is C10H15FN2. The fraction of sp³-hybridized carbons (Fsp3) is 0.400. The van der Waals surface area contributed by atoms with E-state index in [1.165, 1.54) is 6.07 Å². The molecule has 0 atom stereocenters. The van der Waals surface area contributed by atoms with Crippen LogP contribution < -0.4 is 10.6 Å². The van der Waals surface area contributed by atoms with Gasteiger partial charge in [0.25, 0.3) is 0 Å². The molecule has 0 radical (unpaired) electrons. The molecule has 0 aliphatic carbocycles. The van der Waals surface area contributed by atoms with E-state index in [0.717, 1.165) is 5.56 Å². The molecule has 2 nitrogen and oxygen atoms in total. The minimum atomic E-state index is -0.158. The van der Waals surface area contributed by atoms with Crippen molar-refractivity contribution in [2.75, 3.05) is 14.1 Å². The first-order valence-corrected chi connectivity index (χ1v) is 4.29. The molecule has 3 heteroatoms. The highest BCUT2D eigenvalue weighted by molar-refractivity contribution is 5.26. The smallest absolute Gasteiger partial charge is 0.126 e. The van der Waals surface area contributed by atoms with Crippen molar-refractivity contribution in [1.29, 1.82) is 0 Å². The first-order valence-electron chi connectivity index (χ1n) is 4.29. The van der Waals surface area contributed by atoms with Gasteiger partial charge in [-0.3, -0.25) is 0 Å². The van der Waals surface area contributed by atoms with Crippen molar-refractivity contribution in [1.82, 2.24) is 10.6 Å². The number of hydrogen-bond acceptors (Lipinski definition) is 2. The maximum absolute atomic E-state index is 12.9. The average Bonchev–Trinajstić information content (AvgIpc) is 2.13. The number of benzene rings is 1. The molecule has 0 aromatic heterocycles. The third kappa shape index (κ3) is 2.26. The predicted octanol–water partition coefficient (Wildman–Crippen LogP) is 1.57. The van der Waals surface area contributed by atoms with Crippen LogP contribution >= 0.6 is 0 Å². The average molecular weight is 182 g/mol. The maximum Gasteiger partial charge on any atom is 0.126 e. The van der Waals surface area contributed by atoms with E-state index in [1.54, 1.807) is 13.0 Å². The quantitative estimate of drug-likeness (QED) is 0.693. The number of nitrogens with one attached hydrogen (secondary N) is 2. The zero-order valence-electron chi connectivity index (χ0n) is 8.19.